The number of hydrogen-bond acceptors (Lipinski definition) is 3. The maximum Gasteiger partial charge on any atom is 0.196 e. The van der Waals surface area contributed by atoms with E-state index in [0.29, 0.717) is 11.0 Å². The van der Waals surface area contributed by atoms with Crippen molar-refractivity contribution >= 4 is 22.7 Å². The van der Waals surface area contributed by atoms with Crippen LogP contribution in [0.25, 0.3) is 11.0 Å². The van der Waals surface area contributed by atoms with Crippen LogP contribution in [0.1, 0.15) is 36.5 Å². The molecule has 0 atom stereocenters. The Morgan fingerprint density at radius 2 is 1.68 bits per heavy atom. The van der Waals surface area contributed by atoms with Gasteiger partial charge in [-0.1, -0.05) is 55.1 Å². The highest BCUT2D eigenvalue weighted by molar-refractivity contribution is 7.99. The molecule has 0 aliphatic carbocycles. The smallest absolute Gasteiger partial charge is 0.196 e. The molecule has 0 N–H and O–H groups in total. The molecular formula is C22H24O2S. The third-order valence-corrected chi connectivity index (χ3v) is 5.65. The number of benzene rings is 2. The minimum atomic E-state index is 0.0837. The molecule has 0 amide bonds. The molecule has 1 aromatic heterocycles. The molecule has 1 heterocycles. The summed E-state index contributed by atoms with van der Waals surface area (Å²) in [6, 6.07) is 16.4. The van der Waals surface area contributed by atoms with Crippen molar-refractivity contribution in [2.75, 3.05) is 5.75 Å². The topological polar surface area (TPSA) is 30.2 Å². The molecule has 3 aromatic rings. The number of para-hydroxylation sites is 1. The summed E-state index contributed by atoms with van der Waals surface area (Å²) < 4.78 is 5.93. The minimum absolute atomic E-state index is 0.0837. The molecule has 130 valence electrons. The lowest BCUT2D eigenvalue weighted by atomic mass is 10.1. The molecule has 2 aromatic carbocycles. The Balaban J connectivity index is 1.54. The predicted molar refractivity (Wildman–Crippen MR) is 107 cm³/mol. The van der Waals surface area contributed by atoms with Gasteiger partial charge in [0.05, 0.1) is 5.39 Å². The molecule has 0 spiro atoms. The van der Waals surface area contributed by atoms with Gasteiger partial charge in [0.25, 0.3) is 0 Å². The largest absolute Gasteiger partial charge is 0.449 e. The van der Waals surface area contributed by atoms with E-state index in [0.717, 1.165) is 42.1 Å². The molecule has 0 saturated carbocycles. The highest BCUT2D eigenvalue weighted by Crippen LogP contribution is 2.25. The van der Waals surface area contributed by atoms with Gasteiger partial charge in [0.1, 0.15) is 5.58 Å². The van der Waals surface area contributed by atoms with Crippen LogP contribution in [0.15, 0.2) is 62.8 Å². The van der Waals surface area contributed by atoms with Crippen LogP contribution in [0.4, 0.5) is 0 Å². The summed E-state index contributed by atoms with van der Waals surface area (Å²) in [6.07, 6.45) is 4.45. The maximum absolute atomic E-state index is 12.4. The lowest BCUT2D eigenvalue weighted by Crippen LogP contribution is -2.06. The van der Waals surface area contributed by atoms with Crippen LogP contribution in [0, 0.1) is 6.92 Å². The molecular weight excluding hydrogens is 328 g/mol. The molecule has 0 unspecified atom stereocenters. The normalized spacial score (nSPS) is 11.1. The Bertz CT molecular complexity index is 894. The molecule has 0 aliphatic heterocycles. The second kappa shape index (κ2) is 8.39. The van der Waals surface area contributed by atoms with Crippen molar-refractivity contribution < 1.29 is 4.42 Å². The van der Waals surface area contributed by atoms with Gasteiger partial charge in [-0.2, -0.15) is 0 Å². The van der Waals surface area contributed by atoms with E-state index in [-0.39, 0.29) is 5.43 Å². The van der Waals surface area contributed by atoms with Crippen molar-refractivity contribution in [2.45, 2.75) is 44.6 Å². The molecule has 0 bridgehead atoms. The van der Waals surface area contributed by atoms with E-state index >= 15 is 0 Å². The molecule has 2 nitrogen and oxygen atoms in total. The molecule has 3 rings (SSSR count). The Morgan fingerprint density at radius 1 is 0.960 bits per heavy atom. The Labute approximate surface area is 153 Å². The van der Waals surface area contributed by atoms with Crippen molar-refractivity contribution in [3.05, 3.63) is 75.4 Å². The molecule has 0 fully saturated rings. The van der Waals surface area contributed by atoms with Crippen LogP contribution >= 0.6 is 11.8 Å². The first-order chi connectivity index (χ1) is 12.2. The number of unbranched alkanes of at least 4 members (excludes halogenated alkanes) is 1. The van der Waals surface area contributed by atoms with E-state index in [4.69, 9.17) is 4.42 Å². The van der Waals surface area contributed by atoms with Gasteiger partial charge in [0, 0.05) is 11.3 Å². The van der Waals surface area contributed by atoms with E-state index in [1.807, 2.05) is 31.2 Å². The van der Waals surface area contributed by atoms with Gasteiger partial charge in [-0.15, -0.1) is 0 Å². The predicted octanol–water partition coefficient (Wildman–Crippen LogP) is 5.78. The fourth-order valence-corrected chi connectivity index (χ4v) is 3.88. The summed E-state index contributed by atoms with van der Waals surface area (Å²) in [4.78, 5) is 12.4. The zero-order valence-corrected chi connectivity index (χ0v) is 15.7. The van der Waals surface area contributed by atoms with Gasteiger partial charge < -0.3 is 4.42 Å². The van der Waals surface area contributed by atoms with Crippen LogP contribution in [-0.4, -0.2) is 5.75 Å². The summed E-state index contributed by atoms with van der Waals surface area (Å²) in [6.45, 7) is 4.04. The third kappa shape index (κ3) is 4.35. The summed E-state index contributed by atoms with van der Waals surface area (Å²) >= 11 is 1.65. The van der Waals surface area contributed by atoms with Crippen molar-refractivity contribution in [2.24, 2.45) is 0 Å². The van der Waals surface area contributed by atoms with Crippen molar-refractivity contribution in [3.63, 3.8) is 0 Å². The van der Waals surface area contributed by atoms with Gasteiger partial charge >= 0.3 is 0 Å². The van der Waals surface area contributed by atoms with Crippen LogP contribution in [0.5, 0.6) is 0 Å². The number of rotatable bonds is 7. The SMILES string of the molecule is CCc1ccc(CCCCSc2oc3ccccc3c(=O)c2C)cc1. The van der Waals surface area contributed by atoms with Gasteiger partial charge in [-0.05, 0) is 55.9 Å². The number of aryl methyl sites for hydroxylation is 2. The minimum Gasteiger partial charge on any atom is -0.449 e. The Hall–Kier alpha value is -2.00. The van der Waals surface area contributed by atoms with Crippen LogP contribution in [0.3, 0.4) is 0 Å². The van der Waals surface area contributed by atoms with Gasteiger partial charge in [0.2, 0.25) is 0 Å². The van der Waals surface area contributed by atoms with E-state index in [9.17, 15) is 4.79 Å². The van der Waals surface area contributed by atoms with E-state index in [1.54, 1.807) is 11.8 Å². The first kappa shape index (κ1) is 17.8. The molecule has 3 heteroatoms. The van der Waals surface area contributed by atoms with E-state index < -0.39 is 0 Å². The van der Waals surface area contributed by atoms with Crippen molar-refractivity contribution in [1.82, 2.24) is 0 Å². The maximum atomic E-state index is 12.4. The lowest BCUT2D eigenvalue weighted by molar-refractivity contribution is 0.492. The van der Waals surface area contributed by atoms with Crippen molar-refractivity contribution in [1.29, 1.82) is 0 Å². The fourth-order valence-electron chi connectivity index (χ4n) is 2.89. The Kier molecular flexibility index (Phi) is 5.98. The zero-order valence-electron chi connectivity index (χ0n) is 14.9. The summed E-state index contributed by atoms with van der Waals surface area (Å²) in [7, 11) is 0. The number of fused-ring (bicyclic) bond motifs is 1. The molecule has 0 radical (unpaired) electrons. The van der Waals surface area contributed by atoms with Gasteiger partial charge in [-0.3, -0.25) is 4.79 Å². The van der Waals surface area contributed by atoms with Crippen LogP contribution < -0.4 is 5.43 Å². The Morgan fingerprint density at radius 3 is 2.44 bits per heavy atom. The van der Waals surface area contributed by atoms with Crippen LogP contribution in [-0.2, 0) is 12.8 Å². The van der Waals surface area contributed by atoms with Crippen molar-refractivity contribution in [3.8, 4) is 0 Å². The first-order valence-corrected chi connectivity index (χ1v) is 9.90. The monoisotopic (exact) mass is 352 g/mol. The highest BCUT2D eigenvalue weighted by Gasteiger charge is 2.10. The quantitative estimate of drug-likeness (QED) is 0.399. The third-order valence-electron chi connectivity index (χ3n) is 4.51. The zero-order chi connectivity index (χ0) is 17.6. The number of thioether (sulfide) groups is 1. The summed E-state index contributed by atoms with van der Waals surface area (Å²) in [5.41, 5.74) is 4.27. The first-order valence-electron chi connectivity index (χ1n) is 8.92. The van der Waals surface area contributed by atoms with Crippen LogP contribution in [0.2, 0.25) is 0 Å². The second-order valence-electron chi connectivity index (χ2n) is 6.32. The van der Waals surface area contributed by atoms with E-state index in [2.05, 4.69) is 31.2 Å². The summed E-state index contributed by atoms with van der Waals surface area (Å²) in [5, 5.41) is 1.43. The lowest BCUT2D eigenvalue weighted by Gasteiger charge is -2.07. The number of hydrogen-bond donors (Lipinski definition) is 0. The molecule has 0 aliphatic rings. The van der Waals surface area contributed by atoms with Gasteiger partial charge in [0.15, 0.2) is 10.5 Å². The highest BCUT2D eigenvalue weighted by atomic mass is 32.2. The average Bonchev–Trinajstić information content (AvgIpc) is 2.66. The average molecular weight is 352 g/mol. The van der Waals surface area contributed by atoms with E-state index in [1.165, 1.54) is 11.1 Å². The van der Waals surface area contributed by atoms with Gasteiger partial charge in [-0.25, -0.2) is 0 Å². The molecule has 25 heavy (non-hydrogen) atoms. The standard InChI is InChI=1S/C22H24O2S/c1-3-17-11-13-18(14-12-17)8-6-7-15-25-22-16(2)21(23)19-9-4-5-10-20(19)24-22/h4-5,9-14H,3,6-8,15H2,1-2H3. The fraction of sp³-hybridized carbons (Fsp3) is 0.318. The molecule has 0 saturated heterocycles. The second-order valence-corrected chi connectivity index (χ2v) is 7.38. The summed E-state index contributed by atoms with van der Waals surface area (Å²) in [5.74, 6) is 0.967.